The van der Waals surface area contributed by atoms with E-state index in [0.29, 0.717) is 23.7 Å². The molecule has 2 aliphatic heterocycles. The smallest absolute Gasteiger partial charge is 0.257 e. The zero-order valence-corrected chi connectivity index (χ0v) is 15.4. The molecule has 5 heteroatoms. The monoisotopic (exact) mass is 330 g/mol. The molecule has 0 aromatic carbocycles. The van der Waals surface area contributed by atoms with Gasteiger partial charge in [0.05, 0.1) is 5.56 Å². The molecule has 2 aliphatic rings. The maximum Gasteiger partial charge on any atom is 0.257 e. The standard InChI is InChI=1S/C19H30N4O/c1-14-9-10-15(2)23(14)16-7-6-12-22(13-16)19(24)17-8-5-11-20-18(17)21(3)4/h5,8,11,14-16H,6-7,9-10,12-13H2,1-4H3/t14-,15+,16-/m0/s1. The highest BCUT2D eigenvalue weighted by Gasteiger charge is 2.36. The summed E-state index contributed by atoms with van der Waals surface area (Å²) in [6.45, 7) is 6.36. The van der Waals surface area contributed by atoms with Crippen LogP contribution in [0.2, 0.25) is 0 Å². The van der Waals surface area contributed by atoms with E-state index in [1.54, 1.807) is 6.20 Å². The minimum atomic E-state index is 0.121. The summed E-state index contributed by atoms with van der Waals surface area (Å²) >= 11 is 0. The Hall–Kier alpha value is -1.62. The molecule has 0 unspecified atom stereocenters. The molecule has 24 heavy (non-hydrogen) atoms. The first kappa shape index (κ1) is 17.2. The first-order valence-electron chi connectivity index (χ1n) is 9.18. The third-order valence-corrected chi connectivity index (χ3v) is 5.57. The van der Waals surface area contributed by atoms with E-state index < -0.39 is 0 Å². The third kappa shape index (κ3) is 3.27. The van der Waals surface area contributed by atoms with Crippen LogP contribution in [0, 0.1) is 0 Å². The highest BCUT2D eigenvalue weighted by Crippen LogP contribution is 2.30. The maximum absolute atomic E-state index is 13.1. The number of aromatic nitrogens is 1. The molecular weight excluding hydrogens is 300 g/mol. The summed E-state index contributed by atoms with van der Waals surface area (Å²) in [6, 6.07) is 5.52. The van der Waals surface area contributed by atoms with Crippen LogP contribution in [-0.2, 0) is 0 Å². The molecule has 2 fully saturated rings. The highest BCUT2D eigenvalue weighted by molar-refractivity contribution is 5.98. The Labute approximate surface area is 145 Å². The number of likely N-dealkylation sites (tertiary alicyclic amines) is 2. The van der Waals surface area contributed by atoms with Crippen molar-refractivity contribution < 1.29 is 4.79 Å². The van der Waals surface area contributed by atoms with Crippen molar-refractivity contribution in [3.05, 3.63) is 23.9 Å². The van der Waals surface area contributed by atoms with Crippen LogP contribution in [-0.4, -0.2) is 66.0 Å². The van der Waals surface area contributed by atoms with Gasteiger partial charge in [-0.15, -0.1) is 0 Å². The molecule has 0 radical (unpaired) electrons. The summed E-state index contributed by atoms with van der Waals surface area (Å²) in [6.07, 6.45) is 6.59. The average Bonchev–Trinajstić information content (AvgIpc) is 2.93. The number of carbonyl (C=O) groups is 1. The van der Waals surface area contributed by atoms with Gasteiger partial charge in [-0.25, -0.2) is 4.98 Å². The number of amides is 1. The van der Waals surface area contributed by atoms with Crippen molar-refractivity contribution in [2.45, 2.75) is 57.7 Å². The van der Waals surface area contributed by atoms with Crippen molar-refractivity contribution in [3.8, 4) is 0 Å². The van der Waals surface area contributed by atoms with Crippen molar-refractivity contribution in [2.75, 3.05) is 32.1 Å². The van der Waals surface area contributed by atoms with Gasteiger partial charge in [0.1, 0.15) is 5.82 Å². The van der Waals surface area contributed by atoms with E-state index in [1.807, 2.05) is 36.0 Å². The Kier molecular flexibility index (Phi) is 5.09. The van der Waals surface area contributed by atoms with E-state index in [0.717, 1.165) is 25.3 Å². The number of piperidine rings is 1. The molecule has 0 saturated carbocycles. The fourth-order valence-corrected chi connectivity index (χ4v) is 4.41. The topological polar surface area (TPSA) is 39.7 Å². The summed E-state index contributed by atoms with van der Waals surface area (Å²) in [5, 5.41) is 0. The van der Waals surface area contributed by atoms with Gasteiger partial charge >= 0.3 is 0 Å². The molecule has 0 spiro atoms. The highest BCUT2D eigenvalue weighted by atomic mass is 16.2. The molecule has 3 heterocycles. The molecule has 132 valence electrons. The molecule has 1 aromatic heterocycles. The lowest BCUT2D eigenvalue weighted by Gasteiger charge is -2.41. The normalized spacial score (nSPS) is 28.2. The minimum absolute atomic E-state index is 0.121. The van der Waals surface area contributed by atoms with E-state index in [-0.39, 0.29) is 5.91 Å². The van der Waals surface area contributed by atoms with E-state index >= 15 is 0 Å². The molecule has 2 saturated heterocycles. The van der Waals surface area contributed by atoms with E-state index in [4.69, 9.17) is 0 Å². The lowest BCUT2D eigenvalue weighted by atomic mass is 10.0. The molecular formula is C19H30N4O. The maximum atomic E-state index is 13.1. The van der Waals surface area contributed by atoms with Crippen molar-refractivity contribution in [1.29, 1.82) is 0 Å². The first-order valence-corrected chi connectivity index (χ1v) is 9.18. The Balaban J connectivity index is 1.76. The van der Waals surface area contributed by atoms with Crippen molar-refractivity contribution in [1.82, 2.24) is 14.8 Å². The second-order valence-electron chi connectivity index (χ2n) is 7.54. The molecule has 3 rings (SSSR count). The average molecular weight is 330 g/mol. The van der Waals surface area contributed by atoms with Gasteiger partial charge in [-0.05, 0) is 51.7 Å². The van der Waals surface area contributed by atoms with Gasteiger partial charge in [-0.1, -0.05) is 0 Å². The lowest BCUT2D eigenvalue weighted by molar-refractivity contribution is 0.0487. The van der Waals surface area contributed by atoms with Crippen LogP contribution in [0.3, 0.4) is 0 Å². The van der Waals surface area contributed by atoms with Crippen LogP contribution in [0.25, 0.3) is 0 Å². The van der Waals surface area contributed by atoms with Crippen LogP contribution in [0.4, 0.5) is 5.82 Å². The van der Waals surface area contributed by atoms with E-state index in [9.17, 15) is 4.79 Å². The van der Waals surface area contributed by atoms with Crippen LogP contribution >= 0.6 is 0 Å². The van der Waals surface area contributed by atoms with Gasteiger partial charge in [0.25, 0.3) is 5.91 Å². The summed E-state index contributed by atoms with van der Waals surface area (Å²) in [5.74, 6) is 0.878. The molecule has 3 atom stereocenters. The quantitative estimate of drug-likeness (QED) is 0.854. The van der Waals surface area contributed by atoms with E-state index in [1.165, 1.54) is 19.3 Å². The van der Waals surface area contributed by atoms with Gasteiger partial charge < -0.3 is 9.80 Å². The molecule has 1 aromatic rings. The zero-order valence-electron chi connectivity index (χ0n) is 15.4. The summed E-state index contributed by atoms with van der Waals surface area (Å²) in [5.41, 5.74) is 0.714. The van der Waals surface area contributed by atoms with Crippen LogP contribution < -0.4 is 4.90 Å². The van der Waals surface area contributed by atoms with Gasteiger partial charge in [-0.3, -0.25) is 9.69 Å². The number of nitrogens with zero attached hydrogens (tertiary/aromatic N) is 4. The number of pyridine rings is 1. The second-order valence-corrected chi connectivity index (χ2v) is 7.54. The van der Waals surface area contributed by atoms with Crippen LogP contribution in [0.5, 0.6) is 0 Å². The molecule has 0 bridgehead atoms. The van der Waals surface area contributed by atoms with Crippen molar-refractivity contribution >= 4 is 11.7 Å². The summed E-state index contributed by atoms with van der Waals surface area (Å²) in [7, 11) is 3.87. The molecule has 0 N–H and O–H groups in total. The SMILES string of the molecule is C[C@@H]1CC[C@H](C)N1[C@H]1CCCN(C(=O)c2cccnc2N(C)C)C1. The summed E-state index contributed by atoms with van der Waals surface area (Å²) in [4.78, 5) is 24.1. The number of hydrogen-bond acceptors (Lipinski definition) is 4. The van der Waals surface area contributed by atoms with Gasteiger partial charge in [0, 0.05) is 51.5 Å². The Morgan fingerprint density at radius 3 is 2.58 bits per heavy atom. The van der Waals surface area contributed by atoms with Gasteiger partial charge in [0.15, 0.2) is 0 Å². The molecule has 0 aliphatic carbocycles. The third-order valence-electron chi connectivity index (χ3n) is 5.57. The van der Waals surface area contributed by atoms with Crippen molar-refractivity contribution in [2.24, 2.45) is 0 Å². The predicted molar refractivity (Wildman–Crippen MR) is 97.5 cm³/mol. The molecule has 1 amide bonds. The van der Waals surface area contributed by atoms with Crippen LogP contribution in [0.15, 0.2) is 18.3 Å². The summed E-state index contributed by atoms with van der Waals surface area (Å²) < 4.78 is 0. The van der Waals surface area contributed by atoms with Crippen LogP contribution in [0.1, 0.15) is 49.9 Å². The van der Waals surface area contributed by atoms with Gasteiger partial charge in [-0.2, -0.15) is 0 Å². The number of hydrogen-bond donors (Lipinski definition) is 0. The first-order chi connectivity index (χ1) is 11.5. The van der Waals surface area contributed by atoms with Gasteiger partial charge in [0.2, 0.25) is 0 Å². The fourth-order valence-electron chi connectivity index (χ4n) is 4.41. The zero-order chi connectivity index (χ0) is 17.3. The Bertz CT molecular complexity index is 578. The lowest BCUT2D eigenvalue weighted by Crippen LogP contribution is -2.52. The minimum Gasteiger partial charge on any atom is -0.362 e. The van der Waals surface area contributed by atoms with E-state index in [2.05, 4.69) is 23.7 Å². The largest absolute Gasteiger partial charge is 0.362 e. The fraction of sp³-hybridized carbons (Fsp3) is 0.684. The molecule has 5 nitrogen and oxygen atoms in total. The predicted octanol–water partition coefficient (Wildman–Crippen LogP) is 2.63. The number of rotatable bonds is 3. The number of carbonyl (C=O) groups excluding carboxylic acids is 1. The Morgan fingerprint density at radius 2 is 1.92 bits per heavy atom. The number of anilines is 1. The van der Waals surface area contributed by atoms with Crippen molar-refractivity contribution in [3.63, 3.8) is 0 Å². The Morgan fingerprint density at radius 1 is 1.21 bits per heavy atom. The second kappa shape index (κ2) is 7.09.